The topological polar surface area (TPSA) is 22.1 Å². The second-order valence-corrected chi connectivity index (χ2v) is 3.78. The van der Waals surface area contributed by atoms with E-state index in [0.717, 1.165) is 18.9 Å². The first kappa shape index (κ1) is 9.77. The molecule has 0 fully saturated rings. The van der Waals surface area contributed by atoms with Crippen molar-refractivity contribution in [2.45, 2.75) is 20.3 Å². The Hall–Kier alpha value is -0.320. The van der Waals surface area contributed by atoms with Crippen molar-refractivity contribution in [2.24, 2.45) is 0 Å². The van der Waals surface area contributed by atoms with Gasteiger partial charge in [-0.1, -0.05) is 6.92 Å². The third-order valence-electron chi connectivity index (χ3n) is 1.47. The number of nitrogens with zero attached hydrogens (tertiary/aromatic N) is 1. The summed E-state index contributed by atoms with van der Waals surface area (Å²) in [4.78, 5) is 4.15. The standard InChI is InChI=1S/C9H12INO/c1-3-4-12-9-5-8(10)7(2)6-11-9/h5-6H,3-4H2,1-2H3. The molecular weight excluding hydrogens is 265 g/mol. The minimum Gasteiger partial charge on any atom is -0.478 e. The van der Waals surface area contributed by atoms with Gasteiger partial charge in [-0.3, -0.25) is 0 Å². The van der Waals surface area contributed by atoms with Gasteiger partial charge in [0, 0.05) is 15.8 Å². The highest BCUT2D eigenvalue weighted by molar-refractivity contribution is 14.1. The molecule has 0 aromatic carbocycles. The first-order valence-corrected chi connectivity index (χ1v) is 5.07. The van der Waals surface area contributed by atoms with Gasteiger partial charge in [0.1, 0.15) is 0 Å². The summed E-state index contributed by atoms with van der Waals surface area (Å²) in [6.45, 7) is 4.86. The highest BCUT2D eigenvalue weighted by Crippen LogP contribution is 2.15. The van der Waals surface area contributed by atoms with Crippen molar-refractivity contribution in [1.82, 2.24) is 4.98 Å². The van der Waals surface area contributed by atoms with Crippen LogP contribution in [0.5, 0.6) is 5.88 Å². The van der Waals surface area contributed by atoms with E-state index in [-0.39, 0.29) is 0 Å². The van der Waals surface area contributed by atoms with Crippen LogP contribution in [0, 0.1) is 10.5 Å². The lowest BCUT2D eigenvalue weighted by Gasteiger charge is -2.04. The molecule has 2 nitrogen and oxygen atoms in total. The lowest BCUT2D eigenvalue weighted by atomic mass is 10.3. The third-order valence-corrected chi connectivity index (χ3v) is 2.63. The van der Waals surface area contributed by atoms with E-state index in [1.54, 1.807) is 0 Å². The van der Waals surface area contributed by atoms with Crippen molar-refractivity contribution in [3.63, 3.8) is 0 Å². The summed E-state index contributed by atoms with van der Waals surface area (Å²) in [6.07, 6.45) is 2.86. The van der Waals surface area contributed by atoms with E-state index >= 15 is 0 Å². The zero-order chi connectivity index (χ0) is 8.97. The predicted molar refractivity (Wildman–Crippen MR) is 57.5 cm³/mol. The van der Waals surface area contributed by atoms with Crippen LogP contribution in [0.15, 0.2) is 12.3 Å². The Balaban J connectivity index is 2.69. The molecule has 3 heteroatoms. The molecule has 0 aliphatic heterocycles. The van der Waals surface area contributed by atoms with Gasteiger partial charge in [-0.15, -0.1) is 0 Å². The Labute approximate surface area is 86.5 Å². The molecule has 0 atom stereocenters. The molecule has 66 valence electrons. The van der Waals surface area contributed by atoms with Crippen LogP contribution in [0.2, 0.25) is 0 Å². The summed E-state index contributed by atoms with van der Waals surface area (Å²) >= 11 is 2.28. The van der Waals surface area contributed by atoms with Gasteiger partial charge in [-0.2, -0.15) is 0 Å². The molecule has 0 aliphatic carbocycles. The molecule has 0 aliphatic rings. The monoisotopic (exact) mass is 277 g/mol. The van der Waals surface area contributed by atoms with E-state index in [0.29, 0.717) is 0 Å². The number of hydrogen-bond acceptors (Lipinski definition) is 2. The van der Waals surface area contributed by atoms with Gasteiger partial charge in [-0.05, 0) is 41.5 Å². The number of aromatic nitrogens is 1. The van der Waals surface area contributed by atoms with E-state index < -0.39 is 0 Å². The largest absolute Gasteiger partial charge is 0.478 e. The van der Waals surface area contributed by atoms with Crippen LogP contribution in [0.4, 0.5) is 0 Å². The molecule has 1 heterocycles. The summed E-state index contributed by atoms with van der Waals surface area (Å²) < 4.78 is 6.58. The van der Waals surface area contributed by atoms with Crippen LogP contribution in [-0.4, -0.2) is 11.6 Å². The van der Waals surface area contributed by atoms with Gasteiger partial charge in [0.2, 0.25) is 5.88 Å². The summed E-state index contributed by atoms with van der Waals surface area (Å²) in [5.41, 5.74) is 1.19. The van der Waals surface area contributed by atoms with Crippen molar-refractivity contribution >= 4 is 22.6 Å². The molecule has 0 spiro atoms. The number of ether oxygens (including phenoxy) is 1. The number of pyridine rings is 1. The van der Waals surface area contributed by atoms with Gasteiger partial charge in [0.25, 0.3) is 0 Å². The lowest BCUT2D eigenvalue weighted by Crippen LogP contribution is -1.97. The zero-order valence-electron chi connectivity index (χ0n) is 7.30. The molecule has 1 aromatic heterocycles. The molecule has 12 heavy (non-hydrogen) atoms. The number of halogens is 1. The molecule has 0 amide bonds. The molecule has 0 bridgehead atoms. The predicted octanol–water partition coefficient (Wildman–Crippen LogP) is 2.78. The molecular formula is C9H12INO. The highest BCUT2D eigenvalue weighted by atomic mass is 127. The quantitative estimate of drug-likeness (QED) is 0.792. The van der Waals surface area contributed by atoms with Crippen LogP contribution in [0.25, 0.3) is 0 Å². The summed E-state index contributed by atoms with van der Waals surface area (Å²) in [5.74, 6) is 0.729. The van der Waals surface area contributed by atoms with Gasteiger partial charge in [-0.25, -0.2) is 4.98 Å². The Morgan fingerprint density at radius 3 is 2.92 bits per heavy atom. The number of aryl methyl sites for hydroxylation is 1. The molecule has 0 saturated heterocycles. The van der Waals surface area contributed by atoms with Crippen LogP contribution in [-0.2, 0) is 0 Å². The maximum atomic E-state index is 5.38. The summed E-state index contributed by atoms with van der Waals surface area (Å²) in [6, 6.07) is 1.96. The Kier molecular flexibility index (Phi) is 3.78. The Bertz CT molecular complexity index is 263. The second-order valence-electron chi connectivity index (χ2n) is 2.62. The van der Waals surface area contributed by atoms with Crippen LogP contribution in [0.3, 0.4) is 0 Å². The van der Waals surface area contributed by atoms with E-state index in [4.69, 9.17) is 4.74 Å². The zero-order valence-corrected chi connectivity index (χ0v) is 9.46. The van der Waals surface area contributed by atoms with Crippen LogP contribution < -0.4 is 4.74 Å². The van der Waals surface area contributed by atoms with Crippen molar-refractivity contribution in [2.75, 3.05) is 6.61 Å². The molecule has 0 saturated carbocycles. The van der Waals surface area contributed by atoms with Crippen molar-refractivity contribution in [3.05, 3.63) is 21.4 Å². The van der Waals surface area contributed by atoms with Gasteiger partial charge < -0.3 is 4.74 Å². The minimum atomic E-state index is 0.729. The second kappa shape index (κ2) is 4.64. The number of hydrogen-bond donors (Lipinski definition) is 0. The van der Waals surface area contributed by atoms with Gasteiger partial charge >= 0.3 is 0 Å². The van der Waals surface area contributed by atoms with E-state index in [2.05, 4.69) is 34.5 Å². The Morgan fingerprint density at radius 1 is 1.58 bits per heavy atom. The van der Waals surface area contributed by atoms with E-state index in [1.807, 2.05) is 19.2 Å². The average molecular weight is 277 g/mol. The lowest BCUT2D eigenvalue weighted by molar-refractivity contribution is 0.305. The maximum absolute atomic E-state index is 5.38. The van der Waals surface area contributed by atoms with Crippen LogP contribution in [0.1, 0.15) is 18.9 Å². The summed E-state index contributed by atoms with van der Waals surface area (Å²) in [7, 11) is 0. The van der Waals surface area contributed by atoms with E-state index in [1.165, 1.54) is 9.13 Å². The van der Waals surface area contributed by atoms with E-state index in [9.17, 15) is 0 Å². The molecule has 0 unspecified atom stereocenters. The van der Waals surface area contributed by atoms with Crippen molar-refractivity contribution in [3.8, 4) is 5.88 Å². The fourth-order valence-electron chi connectivity index (χ4n) is 0.767. The first-order valence-electron chi connectivity index (χ1n) is 3.99. The normalized spacial score (nSPS) is 9.92. The Morgan fingerprint density at radius 2 is 2.33 bits per heavy atom. The third kappa shape index (κ3) is 2.62. The summed E-state index contributed by atoms with van der Waals surface area (Å²) in [5, 5.41) is 0. The molecule has 0 N–H and O–H groups in total. The SMILES string of the molecule is CCCOc1cc(I)c(C)cn1. The molecule has 0 radical (unpaired) electrons. The minimum absolute atomic E-state index is 0.729. The molecule has 1 rings (SSSR count). The smallest absolute Gasteiger partial charge is 0.214 e. The van der Waals surface area contributed by atoms with Crippen molar-refractivity contribution in [1.29, 1.82) is 0 Å². The highest BCUT2D eigenvalue weighted by Gasteiger charge is 1.98. The first-order chi connectivity index (χ1) is 5.74. The van der Waals surface area contributed by atoms with Crippen LogP contribution >= 0.6 is 22.6 Å². The van der Waals surface area contributed by atoms with Gasteiger partial charge in [0.05, 0.1) is 6.61 Å². The fraction of sp³-hybridized carbons (Fsp3) is 0.444. The molecule has 1 aromatic rings. The average Bonchev–Trinajstić information content (AvgIpc) is 2.07. The number of rotatable bonds is 3. The maximum Gasteiger partial charge on any atom is 0.214 e. The van der Waals surface area contributed by atoms with Gasteiger partial charge in [0.15, 0.2) is 0 Å². The van der Waals surface area contributed by atoms with Crippen molar-refractivity contribution < 1.29 is 4.74 Å². The fourth-order valence-corrected chi connectivity index (χ4v) is 1.17.